The molecule has 1 aromatic heterocycles. The molecule has 0 aliphatic rings. The van der Waals surface area contributed by atoms with Gasteiger partial charge in [-0.2, -0.15) is 0 Å². The number of methoxy groups -OCH3 is 1. The van der Waals surface area contributed by atoms with Crippen LogP contribution in [0.3, 0.4) is 0 Å². The summed E-state index contributed by atoms with van der Waals surface area (Å²) in [7, 11) is 1.53. The minimum atomic E-state index is -0.178. The fraction of sp³-hybridized carbons (Fsp3) is 0.167. The predicted molar refractivity (Wildman–Crippen MR) is 67.2 cm³/mol. The molecule has 3 N–H and O–H groups in total. The number of rotatable bonds is 3. The Kier molecular flexibility index (Phi) is 3.18. The summed E-state index contributed by atoms with van der Waals surface area (Å²) in [5, 5.41) is 6.29. The molecule has 1 amide bonds. The third-order valence-electron chi connectivity index (χ3n) is 2.32. The number of nitrogens with one attached hydrogen (secondary N) is 1. The van der Waals surface area contributed by atoms with Crippen LogP contribution in [0.4, 0.5) is 11.5 Å². The van der Waals surface area contributed by atoms with Gasteiger partial charge in [0.1, 0.15) is 5.75 Å². The third-order valence-corrected chi connectivity index (χ3v) is 2.32. The van der Waals surface area contributed by atoms with Gasteiger partial charge < -0.3 is 20.3 Å². The standard InChI is InChI=1S/C12H13N3O3/c1-7(16)14-9-5-8(3-4-10(9)17-2)11-6-12(13)15-18-11/h3-6H,1-2H3,(H2,13,15)(H,14,16). The van der Waals surface area contributed by atoms with Gasteiger partial charge in [0.05, 0.1) is 12.8 Å². The normalized spacial score (nSPS) is 10.1. The molecule has 6 heteroatoms. The van der Waals surface area contributed by atoms with Crippen molar-refractivity contribution in [3.63, 3.8) is 0 Å². The van der Waals surface area contributed by atoms with E-state index in [9.17, 15) is 4.79 Å². The van der Waals surface area contributed by atoms with E-state index >= 15 is 0 Å². The van der Waals surface area contributed by atoms with Gasteiger partial charge in [-0.05, 0) is 18.2 Å². The van der Waals surface area contributed by atoms with Crippen molar-refractivity contribution in [1.82, 2.24) is 5.16 Å². The Morgan fingerprint density at radius 1 is 1.44 bits per heavy atom. The van der Waals surface area contributed by atoms with E-state index in [0.29, 0.717) is 23.0 Å². The number of ether oxygens (including phenoxy) is 1. The zero-order valence-electron chi connectivity index (χ0n) is 10.1. The molecule has 1 heterocycles. The number of carbonyl (C=O) groups is 1. The molecule has 0 fully saturated rings. The van der Waals surface area contributed by atoms with E-state index in [0.717, 1.165) is 5.56 Å². The lowest BCUT2D eigenvalue weighted by Crippen LogP contribution is -2.07. The molecule has 18 heavy (non-hydrogen) atoms. The summed E-state index contributed by atoms with van der Waals surface area (Å²) in [5.74, 6) is 1.23. The molecule has 0 radical (unpaired) electrons. The summed E-state index contributed by atoms with van der Waals surface area (Å²) in [5.41, 5.74) is 6.81. The summed E-state index contributed by atoms with van der Waals surface area (Å²) in [6.07, 6.45) is 0. The van der Waals surface area contributed by atoms with Gasteiger partial charge in [0.25, 0.3) is 0 Å². The highest BCUT2D eigenvalue weighted by Gasteiger charge is 2.10. The molecule has 0 saturated heterocycles. The third kappa shape index (κ3) is 2.42. The number of amides is 1. The van der Waals surface area contributed by atoms with Gasteiger partial charge in [-0.1, -0.05) is 5.16 Å². The molecule has 0 aliphatic heterocycles. The Balaban J connectivity index is 2.41. The molecule has 2 rings (SSSR count). The van der Waals surface area contributed by atoms with Crippen molar-refractivity contribution in [2.24, 2.45) is 0 Å². The Bertz CT molecular complexity index is 578. The summed E-state index contributed by atoms with van der Waals surface area (Å²) in [4.78, 5) is 11.1. The average molecular weight is 247 g/mol. The first-order valence-corrected chi connectivity index (χ1v) is 5.28. The maximum Gasteiger partial charge on any atom is 0.221 e. The number of benzene rings is 1. The highest BCUT2D eigenvalue weighted by molar-refractivity contribution is 5.91. The highest BCUT2D eigenvalue weighted by Crippen LogP contribution is 2.31. The molecular weight excluding hydrogens is 234 g/mol. The number of carbonyl (C=O) groups excluding carboxylic acids is 1. The summed E-state index contributed by atoms with van der Waals surface area (Å²) in [6.45, 7) is 1.43. The Morgan fingerprint density at radius 3 is 2.78 bits per heavy atom. The fourth-order valence-electron chi connectivity index (χ4n) is 1.57. The van der Waals surface area contributed by atoms with Crippen molar-refractivity contribution in [2.45, 2.75) is 6.92 Å². The van der Waals surface area contributed by atoms with Gasteiger partial charge in [-0.3, -0.25) is 4.79 Å². The molecule has 0 aliphatic carbocycles. The van der Waals surface area contributed by atoms with Gasteiger partial charge in [0.15, 0.2) is 11.6 Å². The van der Waals surface area contributed by atoms with E-state index in [1.54, 1.807) is 24.3 Å². The zero-order chi connectivity index (χ0) is 13.1. The molecule has 2 aromatic rings. The number of hydrogen-bond acceptors (Lipinski definition) is 5. The van der Waals surface area contributed by atoms with Crippen molar-refractivity contribution in [3.05, 3.63) is 24.3 Å². The van der Waals surface area contributed by atoms with Crippen LogP contribution in [0.1, 0.15) is 6.92 Å². The topological polar surface area (TPSA) is 90.4 Å². The van der Waals surface area contributed by atoms with E-state index in [4.69, 9.17) is 15.0 Å². The highest BCUT2D eigenvalue weighted by atomic mass is 16.5. The molecular formula is C12H13N3O3. The van der Waals surface area contributed by atoms with E-state index < -0.39 is 0 Å². The van der Waals surface area contributed by atoms with Gasteiger partial charge >= 0.3 is 0 Å². The SMILES string of the molecule is COc1ccc(-c2cc(N)no2)cc1NC(C)=O. The first-order valence-electron chi connectivity index (χ1n) is 5.28. The summed E-state index contributed by atoms with van der Waals surface area (Å²) >= 11 is 0. The maximum absolute atomic E-state index is 11.1. The second-order valence-corrected chi connectivity index (χ2v) is 3.71. The van der Waals surface area contributed by atoms with Gasteiger partial charge in [0.2, 0.25) is 5.91 Å². The monoisotopic (exact) mass is 247 g/mol. The first kappa shape index (κ1) is 12.0. The van der Waals surface area contributed by atoms with Crippen molar-refractivity contribution in [2.75, 3.05) is 18.2 Å². The Hall–Kier alpha value is -2.50. The van der Waals surface area contributed by atoms with Crippen LogP contribution in [0.25, 0.3) is 11.3 Å². The van der Waals surface area contributed by atoms with Gasteiger partial charge in [-0.25, -0.2) is 0 Å². The van der Waals surface area contributed by atoms with Crippen LogP contribution < -0.4 is 15.8 Å². The Morgan fingerprint density at radius 2 is 2.22 bits per heavy atom. The Labute approximate surface area is 104 Å². The van der Waals surface area contributed by atoms with Crippen molar-refractivity contribution >= 4 is 17.4 Å². The molecule has 0 bridgehead atoms. The van der Waals surface area contributed by atoms with Crippen LogP contribution in [0.15, 0.2) is 28.8 Å². The van der Waals surface area contributed by atoms with Crippen LogP contribution in [-0.4, -0.2) is 18.2 Å². The quantitative estimate of drug-likeness (QED) is 0.864. The van der Waals surface area contributed by atoms with E-state index in [-0.39, 0.29) is 5.91 Å². The molecule has 0 unspecified atom stereocenters. The lowest BCUT2D eigenvalue weighted by Gasteiger charge is -2.09. The number of nitrogens with two attached hydrogens (primary N) is 1. The number of nitrogen functional groups attached to an aromatic ring is 1. The van der Waals surface area contributed by atoms with E-state index in [1.807, 2.05) is 0 Å². The first-order chi connectivity index (χ1) is 8.60. The minimum Gasteiger partial charge on any atom is -0.495 e. The minimum absolute atomic E-state index is 0.178. The molecule has 94 valence electrons. The van der Waals surface area contributed by atoms with Gasteiger partial charge in [0, 0.05) is 18.6 Å². The van der Waals surface area contributed by atoms with E-state index in [1.165, 1.54) is 14.0 Å². The van der Waals surface area contributed by atoms with E-state index in [2.05, 4.69) is 10.5 Å². The molecule has 0 atom stereocenters. The molecule has 1 aromatic carbocycles. The van der Waals surface area contributed by atoms with Crippen molar-refractivity contribution < 1.29 is 14.1 Å². The second-order valence-electron chi connectivity index (χ2n) is 3.71. The lowest BCUT2D eigenvalue weighted by molar-refractivity contribution is -0.114. The maximum atomic E-state index is 11.1. The average Bonchev–Trinajstić information content (AvgIpc) is 2.75. The van der Waals surface area contributed by atoms with Gasteiger partial charge in [-0.15, -0.1) is 0 Å². The number of hydrogen-bond donors (Lipinski definition) is 2. The zero-order valence-corrected chi connectivity index (χ0v) is 10.1. The van der Waals surface area contributed by atoms with Crippen LogP contribution >= 0.6 is 0 Å². The van der Waals surface area contributed by atoms with Crippen molar-refractivity contribution in [3.8, 4) is 17.1 Å². The molecule has 6 nitrogen and oxygen atoms in total. The smallest absolute Gasteiger partial charge is 0.221 e. The number of nitrogens with zero attached hydrogens (tertiary/aromatic N) is 1. The predicted octanol–water partition coefficient (Wildman–Crippen LogP) is 1.89. The number of aromatic nitrogens is 1. The lowest BCUT2D eigenvalue weighted by atomic mass is 10.1. The fourth-order valence-corrected chi connectivity index (χ4v) is 1.57. The van der Waals surface area contributed by atoms with Crippen molar-refractivity contribution in [1.29, 1.82) is 0 Å². The molecule has 0 saturated carbocycles. The van der Waals surface area contributed by atoms with Crippen LogP contribution in [0.2, 0.25) is 0 Å². The van der Waals surface area contributed by atoms with Crippen LogP contribution in [0.5, 0.6) is 5.75 Å². The summed E-state index contributed by atoms with van der Waals surface area (Å²) < 4.78 is 10.2. The number of anilines is 2. The largest absolute Gasteiger partial charge is 0.495 e. The second kappa shape index (κ2) is 4.79. The van der Waals surface area contributed by atoms with Crippen LogP contribution in [-0.2, 0) is 4.79 Å². The molecule has 0 spiro atoms. The summed E-state index contributed by atoms with van der Waals surface area (Å²) in [6, 6.07) is 6.88. The van der Waals surface area contributed by atoms with Crippen LogP contribution in [0, 0.1) is 0 Å².